The zero-order valence-electron chi connectivity index (χ0n) is 12.5. The van der Waals surface area contributed by atoms with Gasteiger partial charge < -0.3 is 15.2 Å². The van der Waals surface area contributed by atoms with Crippen LogP contribution in [0.2, 0.25) is 0 Å². The number of fused-ring (bicyclic) bond motifs is 1. The standard InChI is InChI=1S/C17H25N3/c1-3-20-10-7-14(8-11-20)13(2)19-16-4-5-17-15(12-16)6-9-18-17/h4-6,9,12-14,18-19H,3,7-8,10-11H2,1-2H3. The summed E-state index contributed by atoms with van der Waals surface area (Å²) >= 11 is 0. The Bertz CT molecular complexity index is 552. The monoisotopic (exact) mass is 271 g/mol. The Morgan fingerprint density at radius 3 is 2.85 bits per heavy atom. The van der Waals surface area contributed by atoms with E-state index in [0.717, 1.165) is 5.92 Å². The van der Waals surface area contributed by atoms with Gasteiger partial charge in [-0.2, -0.15) is 0 Å². The second-order valence-electron chi connectivity index (χ2n) is 5.98. The third kappa shape index (κ3) is 2.83. The fourth-order valence-electron chi connectivity index (χ4n) is 3.29. The summed E-state index contributed by atoms with van der Waals surface area (Å²) in [5.74, 6) is 0.791. The van der Waals surface area contributed by atoms with Crippen LogP contribution in [0.4, 0.5) is 5.69 Å². The number of nitrogens with one attached hydrogen (secondary N) is 2. The largest absolute Gasteiger partial charge is 0.382 e. The zero-order valence-corrected chi connectivity index (χ0v) is 12.5. The zero-order chi connectivity index (χ0) is 13.9. The lowest BCUT2D eigenvalue weighted by atomic mass is 9.90. The first-order valence-electron chi connectivity index (χ1n) is 7.82. The maximum Gasteiger partial charge on any atom is 0.0455 e. The Hall–Kier alpha value is -1.48. The van der Waals surface area contributed by atoms with E-state index in [1.807, 2.05) is 6.20 Å². The highest BCUT2D eigenvalue weighted by atomic mass is 15.1. The topological polar surface area (TPSA) is 31.1 Å². The highest BCUT2D eigenvalue weighted by Crippen LogP contribution is 2.24. The Balaban J connectivity index is 1.62. The van der Waals surface area contributed by atoms with E-state index >= 15 is 0 Å². The highest BCUT2D eigenvalue weighted by Gasteiger charge is 2.22. The molecule has 0 aliphatic carbocycles. The van der Waals surface area contributed by atoms with Crippen molar-refractivity contribution in [1.82, 2.24) is 9.88 Å². The summed E-state index contributed by atoms with van der Waals surface area (Å²) < 4.78 is 0. The molecule has 1 fully saturated rings. The van der Waals surface area contributed by atoms with E-state index in [-0.39, 0.29) is 0 Å². The number of hydrogen-bond acceptors (Lipinski definition) is 2. The first-order chi connectivity index (χ1) is 9.76. The number of hydrogen-bond donors (Lipinski definition) is 2. The lowest BCUT2D eigenvalue weighted by Crippen LogP contribution is -2.39. The third-order valence-electron chi connectivity index (χ3n) is 4.73. The van der Waals surface area contributed by atoms with Gasteiger partial charge in [0.1, 0.15) is 0 Å². The van der Waals surface area contributed by atoms with E-state index in [9.17, 15) is 0 Å². The van der Waals surface area contributed by atoms with Crippen LogP contribution in [0.3, 0.4) is 0 Å². The smallest absolute Gasteiger partial charge is 0.0455 e. The molecular weight excluding hydrogens is 246 g/mol. The summed E-state index contributed by atoms with van der Waals surface area (Å²) in [5.41, 5.74) is 2.45. The first-order valence-corrected chi connectivity index (χ1v) is 7.82. The average molecular weight is 271 g/mol. The molecule has 3 nitrogen and oxygen atoms in total. The molecule has 3 rings (SSSR count). The van der Waals surface area contributed by atoms with Crippen molar-refractivity contribution in [3.63, 3.8) is 0 Å². The number of likely N-dealkylation sites (tertiary alicyclic amines) is 1. The maximum atomic E-state index is 3.69. The molecular formula is C17H25N3. The minimum atomic E-state index is 0.547. The molecule has 20 heavy (non-hydrogen) atoms. The van der Waals surface area contributed by atoms with E-state index < -0.39 is 0 Å². The van der Waals surface area contributed by atoms with Gasteiger partial charge in [0.15, 0.2) is 0 Å². The highest BCUT2D eigenvalue weighted by molar-refractivity contribution is 5.83. The number of benzene rings is 1. The molecule has 0 radical (unpaired) electrons. The van der Waals surface area contributed by atoms with Gasteiger partial charge in [-0.05, 0) is 69.6 Å². The Labute approximate surface area is 121 Å². The van der Waals surface area contributed by atoms with Gasteiger partial charge in [-0.3, -0.25) is 0 Å². The second kappa shape index (κ2) is 5.88. The first kappa shape index (κ1) is 13.5. The Morgan fingerprint density at radius 2 is 2.10 bits per heavy atom. The van der Waals surface area contributed by atoms with E-state index in [1.54, 1.807) is 0 Å². The quantitative estimate of drug-likeness (QED) is 0.888. The van der Waals surface area contributed by atoms with Crippen molar-refractivity contribution in [3.05, 3.63) is 30.5 Å². The number of anilines is 1. The van der Waals surface area contributed by atoms with Gasteiger partial charge in [0, 0.05) is 28.8 Å². The third-order valence-corrected chi connectivity index (χ3v) is 4.73. The van der Waals surface area contributed by atoms with Gasteiger partial charge in [-0.15, -0.1) is 0 Å². The molecule has 3 heteroatoms. The van der Waals surface area contributed by atoms with Gasteiger partial charge in [-0.1, -0.05) is 6.92 Å². The predicted octanol–water partition coefficient (Wildman–Crippen LogP) is 3.70. The van der Waals surface area contributed by atoms with Crippen molar-refractivity contribution in [2.45, 2.75) is 32.7 Å². The molecule has 2 aromatic rings. The van der Waals surface area contributed by atoms with Gasteiger partial charge in [0.2, 0.25) is 0 Å². The second-order valence-corrected chi connectivity index (χ2v) is 5.98. The molecule has 1 aliphatic rings. The van der Waals surface area contributed by atoms with Crippen LogP contribution in [0.5, 0.6) is 0 Å². The fraction of sp³-hybridized carbons (Fsp3) is 0.529. The molecule has 1 unspecified atom stereocenters. The molecule has 0 spiro atoms. The van der Waals surface area contributed by atoms with Crippen molar-refractivity contribution in [2.75, 3.05) is 25.0 Å². The van der Waals surface area contributed by atoms with Crippen LogP contribution in [-0.2, 0) is 0 Å². The lowest BCUT2D eigenvalue weighted by Gasteiger charge is -2.34. The lowest BCUT2D eigenvalue weighted by molar-refractivity contribution is 0.183. The van der Waals surface area contributed by atoms with Gasteiger partial charge in [0.05, 0.1) is 0 Å². The maximum absolute atomic E-state index is 3.69. The number of aromatic nitrogens is 1. The van der Waals surface area contributed by atoms with E-state index in [0.29, 0.717) is 6.04 Å². The molecule has 1 aliphatic heterocycles. The molecule has 1 aromatic carbocycles. The van der Waals surface area contributed by atoms with Gasteiger partial charge in [-0.25, -0.2) is 0 Å². The molecule has 1 atom stereocenters. The molecule has 0 saturated carbocycles. The van der Waals surface area contributed by atoms with Crippen molar-refractivity contribution >= 4 is 16.6 Å². The van der Waals surface area contributed by atoms with E-state index in [2.05, 4.69) is 53.3 Å². The summed E-state index contributed by atoms with van der Waals surface area (Å²) in [6.07, 6.45) is 4.63. The minimum Gasteiger partial charge on any atom is -0.382 e. The number of H-pyrrole nitrogens is 1. The van der Waals surface area contributed by atoms with Crippen molar-refractivity contribution in [3.8, 4) is 0 Å². The van der Waals surface area contributed by atoms with Crippen molar-refractivity contribution in [1.29, 1.82) is 0 Å². The van der Waals surface area contributed by atoms with Crippen LogP contribution in [0.25, 0.3) is 10.9 Å². The van der Waals surface area contributed by atoms with Crippen LogP contribution in [0.15, 0.2) is 30.5 Å². The number of aromatic amines is 1. The van der Waals surface area contributed by atoms with Crippen LogP contribution >= 0.6 is 0 Å². The minimum absolute atomic E-state index is 0.547. The number of rotatable bonds is 4. The van der Waals surface area contributed by atoms with Gasteiger partial charge >= 0.3 is 0 Å². The predicted molar refractivity (Wildman–Crippen MR) is 86.2 cm³/mol. The summed E-state index contributed by atoms with van der Waals surface area (Å²) in [7, 11) is 0. The fourth-order valence-corrected chi connectivity index (χ4v) is 3.29. The Kier molecular flexibility index (Phi) is 3.97. The van der Waals surface area contributed by atoms with Crippen molar-refractivity contribution in [2.24, 2.45) is 5.92 Å². The summed E-state index contributed by atoms with van der Waals surface area (Å²) in [6, 6.07) is 9.25. The summed E-state index contributed by atoms with van der Waals surface area (Å²) in [6.45, 7) is 8.29. The Morgan fingerprint density at radius 1 is 1.30 bits per heavy atom. The normalized spacial score (nSPS) is 19.3. The van der Waals surface area contributed by atoms with Crippen LogP contribution < -0.4 is 5.32 Å². The van der Waals surface area contributed by atoms with E-state index in [4.69, 9.17) is 0 Å². The van der Waals surface area contributed by atoms with Crippen LogP contribution in [0, 0.1) is 5.92 Å². The molecule has 2 N–H and O–H groups in total. The molecule has 0 bridgehead atoms. The summed E-state index contributed by atoms with van der Waals surface area (Å²) in [4.78, 5) is 5.79. The SMILES string of the molecule is CCN1CCC(C(C)Nc2ccc3[nH]ccc3c2)CC1. The number of nitrogens with zero attached hydrogens (tertiary/aromatic N) is 1. The molecule has 1 saturated heterocycles. The average Bonchev–Trinajstić information content (AvgIpc) is 2.95. The molecule has 108 valence electrons. The number of piperidine rings is 1. The van der Waals surface area contributed by atoms with Gasteiger partial charge in [0.25, 0.3) is 0 Å². The van der Waals surface area contributed by atoms with Crippen LogP contribution in [0.1, 0.15) is 26.7 Å². The molecule has 1 aromatic heterocycles. The molecule has 0 amide bonds. The van der Waals surface area contributed by atoms with E-state index in [1.165, 1.54) is 49.1 Å². The van der Waals surface area contributed by atoms with Crippen LogP contribution in [-0.4, -0.2) is 35.6 Å². The molecule has 2 heterocycles. The summed E-state index contributed by atoms with van der Waals surface area (Å²) in [5, 5.41) is 4.97. The van der Waals surface area contributed by atoms with Crippen molar-refractivity contribution < 1.29 is 0 Å².